The molecule has 0 aliphatic heterocycles. The minimum atomic E-state index is -0.301. The molecular formula is C19H21N3O2. The molecule has 0 unspecified atom stereocenters. The van der Waals surface area contributed by atoms with Gasteiger partial charge in [0.2, 0.25) is 5.91 Å². The van der Waals surface area contributed by atoms with Gasteiger partial charge in [-0.25, -0.2) is 5.43 Å². The van der Waals surface area contributed by atoms with Crippen molar-refractivity contribution in [2.75, 3.05) is 5.32 Å². The van der Waals surface area contributed by atoms with Gasteiger partial charge < -0.3 is 5.32 Å². The number of benzene rings is 2. The van der Waals surface area contributed by atoms with Gasteiger partial charge in [0, 0.05) is 17.0 Å². The van der Waals surface area contributed by atoms with Gasteiger partial charge in [-0.15, -0.1) is 0 Å². The normalized spacial score (nSPS) is 11.0. The lowest BCUT2D eigenvalue weighted by Gasteiger charge is -2.08. The second-order valence-corrected chi connectivity index (χ2v) is 5.68. The number of nitrogens with zero attached hydrogens (tertiary/aromatic N) is 1. The molecule has 5 nitrogen and oxygen atoms in total. The van der Waals surface area contributed by atoms with E-state index in [2.05, 4.69) is 15.8 Å². The summed E-state index contributed by atoms with van der Waals surface area (Å²) in [5, 5.41) is 6.80. The molecule has 0 aliphatic rings. The van der Waals surface area contributed by atoms with E-state index in [0.717, 1.165) is 11.3 Å². The predicted octanol–water partition coefficient (Wildman–Crippen LogP) is 3.44. The molecule has 2 amide bonds. The van der Waals surface area contributed by atoms with Crippen molar-refractivity contribution in [2.45, 2.75) is 27.2 Å². The maximum absolute atomic E-state index is 12.0. The van der Waals surface area contributed by atoms with Crippen LogP contribution in [0.4, 0.5) is 5.69 Å². The molecule has 0 spiro atoms. The first-order valence-electron chi connectivity index (χ1n) is 7.71. The Bertz CT molecular complexity index is 767. The van der Waals surface area contributed by atoms with Gasteiger partial charge >= 0.3 is 0 Å². The smallest absolute Gasteiger partial charge is 0.271 e. The zero-order valence-corrected chi connectivity index (χ0v) is 14.1. The predicted molar refractivity (Wildman–Crippen MR) is 96.2 cm³/mol. The van der Waals surface area contributed by atoms with E-state index in [1.54, 1.807) is 31.2 Å². The van der Waals surface area contributed by atoms with Crippen LogP contribution in [0.15, 0.2) is 53.6 Å². The van der Waals surface area contributed by atoms with Gasteiger partial charge in [0.05, 0.1) is 6.42 Å². The Kier molecular flexibility index (Phi) is 5.84. The number of nitrogens with one attached hydrogen (secondary N) is 2. The highest BCUT2D eigenvalue weighted by Crippen LogP contribution is 2.14. The molecule has 0 fully saturated rings. The van der Waals surface area contributed by atoms with E-state index in [0.29, 0.717) is 11.3 Å². The average molecular weight is 323 g/mol. The van der Waals surface area contributed by atoms with Crippen molar-refractivity contribution >= 4 is 23.2 Å². The van der Waals surface area contributed by atoms with E-state index < -0.39 is 0 Å². The minimum absolute atomic E-state index is 0.113. The van der Waals surface area contributed by atoms with Gasteiger partial charge in [-0.2, -0.15) is 5.10 Å². The van der Waals surface area contributed by atoms with Crippen molar-refractivity contribution in [3.63, 3.8) is 0 Å². The average Bonchev–Trinajstić information content (AvgIpc) is 2.56. The number of hydrogen-bond donors (Lipinski definition) is 2. The van der Waals surface area contributed by atoms with Gasteiger partial charge in [0.1, 0.15) is 0 Å². The molecule has 0 saturated heterocycles. The highest BCUT2D eigenvalue weighted by molar-refractivity contribution is 6.06. The zero-order chi connectivity index (χ0) is 17.5. The maximum atomic E-state index is 12.0. The SMILES string of the molecule is CC(CC(=O)Nc1ccc(C)c(C)c1)=NNC(=O)c1ccccc1. The lowest BCUT2D eigenvalue weighted by Crippen LogP contribution is -2.21. The van der Waals surface area contributed by atoms with Crippen molar-refractivity contribution < 1.29 is 9.59 Å². The lowest BCUT2D eigenvalue weighted by atomic mass is 10.1. The number of hydrogen-bond acceptors (Lipinski definition) is 3. The van der Waals surface area contributed by atoms with Gasteiger partial charge in [-0.3, -0.25) is 9.59 Å². The highest BCUT2D eigenvalue weighted by atomic mass is 16.2. The van der Waals surface area contributed by atoms with E-state index in [4.69, 9.17) is 0 Å². The Morgan fingerprint density at radius 3 is 2.38 bits per heavy atom. The third-order valence-corrected chi connectivity index (χ3v) is 3.59. The molecule has 0 atom stereocenters. The Morgan fingerprint density at radius 2 is 1.71 bits per heavy atom. The molecule has 2 aromatic carbocycles. The molecule has 0 aromatic heterocycles. The molecule has 2 N–H and O–H groups in total. The third kappa shape index (κ3) is 5.05. The fraction of sp³-hybridized carbons (Fsp3) is 0.211. The molecule has 0 radical (unpaired) electrons. The zero-order valence-electron chi connectivity index (χ0n) is 14.1. The molecule has 0 bridgehead atoms. The first-order chi connectivity index (χ1) is 11.5. The van der Waals surface area contributed by atoms with Gasteiger partial charge in [0.15, 0.2) is 0 Å². The van der Waals surface area contributed by atoms with Crippen molar-refractivity contribution in [1.82, 2.24) is 5.43 Å². The summed E-state index contributed by atoms with van der Waals surface area (Å²) in [6.07, 6.45) is 0.113. The number of carbonyl (C=O) groups is 2. The molecule has 2 aromatic rings. The number of amides is 2. The summed E-state index contributed by atoms with van der Waals surface area (Å²) in [6.45, 7) is 5.72. The highest BCUT2D eigenvalue weighted by Gasteiger charge is 2.07. The number of hydrazone groups is 1. The van der Waals surface area contributed by atoms with Crippen LogP contribution in [0.3, 0.4) is 0 Å². The first kappa shape index (κ1) is 17.4. The van der Waals surface area contributed by atoms with Crippen molar-refractivity contribution in [2.24, 2.45) is 5.10 Å². The number of anilines is 1. The van der Waals surface area contributed by atoms with Crippen LogP contribution in [0.25, 0.3) is 0 Å². The summed E-state index contributed by atoms with van der Waals surface area (Å²) in [4.78, 5) is 23.9. The van der Waals surface area contributed by atoms with E-state index in [9.17, 15) is 9.59 Å². The number of carbonyl (C=O) groups excluding carboxylic acids is 2. The van der Waals surface area contributed by atoms with Crippen LogP contribution in [0.5, 0.6) is 0 Å². The molecule has 24 heavy (non-hydrogen) atoms. The Labute approximate surface area is 141 Å². The molecule has 0 saturated carbocycles. The first-order valence-corrected chi connectivity index (χ1v) is 7.71. The van der Waals surface area contributed by atoms with Gasteiger partial charge in [-0.1, -0.05) is 24.3 Å². The van der Waals surface area contributed by atoms with Crippen molar-refractivity contribution in [3.8, 4) is 0 Å². The summed E-state index contributed by atoms with van der Waals surface area (Å²) >= 11 is 0. The molecule has 5 heteroatoms. The van der Waals surface area contributed by atoms with Crippen LogP contribution >= 0.6 is 0 Å². The van der Waals surface area contributed by atoms with Gasteiger partial charge in [0.25, 0.3) is 5.91 Å². The Morgan fingerprint density at radius 1 is 1.00 bits per heavy atom. The van der Waals surface area contributed by atoms with Crippen LogP contribution in [-0.2, 0) is 4.79 Å². The fourth-order valence-electron chi connectivity index (χ4n) is 2.10. The largest absolute Gasteiger partial charge is 0.326 e. The second-order valence-electron chi connectivity index (χ2n) is 5.68. The summed E-state index contributed by atoms with van der Waals surface area (Å²) in [7, 11) is 0. The van der Waals surface area contributed by atoms with Crippen LogP contribution in [0.1, 0.15) is 34.8 Å². The topological polar surface area (TPSA) is 70.6 Å². The third-order valence-electron chi connectivity index (χ3n) is 3.59. The van der Waals surface area contributed by atoms with Crippen LogP contribution < -0.4 is 10.7 Å². The molecule has 0 aliphatic carbocycles. The minimum Gasteiger partial charge on any atom is -0.326 e. The van der Waals surface area contributed by atoms with Crippen molar-refractivity contribution in [1.29, 1.82) is 0 Å². The summed E-state index contributed by atoms with van der Waals surface area (Å²) in [6, 6.07) is 14.6. The second kappa shape index (κ2) is 8.06. The van der Waals surface area contributed by atoms with Crippen LogP contribution in [0, 0.1) is 13.8 Å². The monoisotopic (exact) mass is 323 g/mol. The quantitative estimate of drug-likeness (QED) is 0.653. The summed E-state index contributed by atoms with van der Waals surface area (Å²) in [5.74, 6) is -0.474. The van der Waals surface area contributed by atoms with Gasteiger partial charge in [-0.05, 0) is 56.2 Å². The lowest BCUT2D eigenvalue weighted by molar-refractivity contribution is -0.115. The number of aryl methyl sites for hydroxylation is 2. The molecular weight excluding hydrogens is 302 g/mol. The fourth-order valence-corrected chi connectivity index (χ4v) is 2.10. The van der Waals surface area contributed by atoms with Crippen LogP contribution in [0.2, 0.25) is 0 Å². The molecule has 2 rings (SSSR count). The van der Waals surface area contributed by atoms with Crippen molar-refractivity contribution in [3.05, 3.63) is 65.2 Å². The van der Waals surface area contributed by atoms with E-state index in [-0.39, 0.29) is 18.2 Å². The summed E-state index contributed by atoms with van der Waals surface area (Å²) < 4.78 is 0. The molecule has 0 heterocycles. The van der Waals surface area contributed by atoms with E-state index >= 15 is 0 Å². The number of rotatable bonds is 5. The van der Waals surface area contributed by atoms with Crippen LogP contribution in [-0.4, -0.2) is 17.5 Å². The van der Waals surface area contributed by atoms with E-state index in [1.165, 1.54) is 5.56 Å². The Balaban J connectivity index is 1.88. The maximum Gasteiger partial charge on any atom is 0.271 e. The molecule has 124 valence electrons. The summed E-state index contributed by atoms with van der Waals surface area (Å²) in [5.41, 5.74) is 6.55. The Hall–Kier alpha value is -2.95. The standard InChI is InChI=1S/C19H21N3O2/c1-13-9-10-17(11-14(13)2)20-18(23)12-15(3)21-22-19(24)16-7-5-4-6-8-16/h4-11H,12H2,1-3H3,(H,20,23)(H,22,24). The van der Waals surface area contributed by atoms with E-state index in [1.807, 2.05) is 38.1 Å².